The van der Waals surface area contributed by atoms with Gasteiger partial charge in [-0.15, -0.1) is 0 Å². The quantitative estimate of drug-likeness (QED) is 0.800. The van der Waals surface area contributed by atoms with Gasteiger partial charge in [-0.05, 0) is 6.07 Å². The normalized spacial score (nSPS) is 23.3. The maximum Gasteiger partial charge on any atom is 0.125 e. The number of ether oxygens (including phenoxy) is 2. The predicted molar refractivity (Wildman–Crippen MR) is 93.7 cm³/mol. The smallest absolute Gasteiger partial charge is 0.125 e. The molecule has 3 aliphatic heterocycles. The van der Waals surface area contributed by atoms with E-state index in [2.05, 4.69) is 21.9 Å². The summed E-state index contributed by atoms with van der Waals surface area (Å²) >= 11 is 0. The molecule has 3 heterocycles. The second-order valence-electron chi connectivity index (χ2n) is 7.15. The van der Waals surface area contributed by atoms with Gasteiger partial charge in [0.15, 0.2) is 0 Å². The Morgan fingerprint density at radius 1 is 1.12 bits per heavy atom. The summed E-state index contributed by atoms with van der Waals surface area (Å²) in [5.74, 6) is 1.00. The van der Waals surface area contributed by atoms with Gasteiger partial charge < -0.3 is 30.1 Å². The summed E-state index contributed by atoms with van der Waals surface area (Å²) in [6, 6.07) is 4.24. The van der Waals surface area contributed by atoms with Crippen LogP contribution in [0.2, 0.25) is 0 Å². The van der Waals surface area contributed by atoms with Crippen LogP contribution in [0.4, 0.5) is 11.4 Å². The topological polar surface area (TPSA) is 71.2 Å². The van der Waals surface area contributed by atoms with Crippen LogP contribution < -0.4 is 15.4 Å². The average molecular weight is 333 g/mol. The molecule has 3 N–H and O–H groups in total. The van der Waals surface area contributed by atoms with E-state index in [1.165, 1.54) is 5.56 Å². The van der Waals surface area contributed by atoms with Gasteiger partial charge in [-0.25, -0.2) is 0 Å². The zero-order valence-corrected chi connectivity index (χ0v) is 14.2. The Morgan fingerprint density at radius 2 is 1.88 bits per heavy atom. The lowest BCUT2D eigenvalue weighted by atomic mass is 9.87. The summed E-state index contributed by atoms with van der Waals surface area (Å²) in [6.45, 7) is 6.23. The molecule has 1 spiro atoms. The first-order chi connectivity index (χ1) is 11.7. The molecule has 3 aliphatic rings. The Labute approximate surface area is 143 Å². The van der Waals surface area contributed by atoms with Crippen molar-refractivity contribution in [1.82, 2.24) is 4.90 Å². The third-order valence-electron chi connectivity index (χ3n) is 5.58. The zero-order valence-electron chi connectivity index (χ0n) is 14.2. The number of β-amino-alcohol motifs (C(OH)–C–C–N with tert-alkyl or cyclic N) is 1. The maximum absolute atomic E-state index is 9.10. The largest absolute Gasteiger partial charge is 0.486 e. The lowest BCUT2D eigenvalue weighted by molar-refractivity contribution is 0.0151. The lowest BCUT2D eigenvalue weighted by Crippen LogP contribution is -2.47. The summed E-state index contributed by atoms with van der Waals surface area (Å²) in [4.78, 5) is 4.60. The van der Waals surface area contributed by atoms with Crippen molar-refractivity contribution in [3.8, 4) is 5.75 Å². The predicted octanol–water partition coefficient (Wildman–Crippen LogP) is 0.867. The number of likely N-dealkylation sites (tertiary alicyclic amines) is 1. The number of piperidine rings is 1. The van der Waals surface area contributed by atoms with Crippen molar-refractivity contribution in [2.75, 3.05) is 63.2 Å². The first-order valence-corrected chi connectivity index (χ1v) is 8.96. The molecular weight excluding hydrogens is 306 g/mol. The fraction of sp³-hybridized carbons (Fsp3) is 0.667. The van der Waals surface area contributed by atoms with Gasteiger partial charge in [0.05, 0.1) is 31.2 Å². The third-order valence-corrected chi connectivity index (χ3v) is 5.58. The highest BCUT2D eigenvalue weighted by molar-refractivity contribution is 5.72. The molecular formula is C18H27N3O3. The van der Waals surface area contributed by atoms with Gasteiger partial charge in [-0.1, -0.05) is 0 Å². The Bertz CT molecular complexity index is 593. The first kappa shape index (κ1) is 16.0. The molecule has 1 aromatic carbocycles. The van der Waals surface area contributed by atoms with Crippen molar-refractivity contribution in [2.24, 2.45) is 0 Å². The number of morpholine rings is 1. The van der Waals surface area contributed by atoms with Crippen LogP contribution in [0.5, 0.6) is 5.75 Å². The fourth-order valence-electron chi connectivity index (χ4n) is 4.17. The van der Waals surface area contributed by atoms with Gasteiger partial charge in [-0.3, -0.25) is 0 Å². The number of nitrogen functional groups attached to an aromatic ring is 1. The number of aliphatic hydroxyl groups is 1. The number of anilines is 2. The van der Waals surface area contributed by atoms with Gasteiger partial charge in [0.1, 0.15) is 11.4 Å². The number of nitrogens with two attached hydrogens (primary N) is 1. The number of fused-ring (bicyclic) bond motifs is 1. The number of hydrogen-bond donors (Lipinski definition) is 2. The van der Waals surface area contributed by atoms with Crippen LogP contribution in [0.15, 0.2) is 12.1 Å². The van der Waals surface area contributed by atoms with E-state index in [0.717, 1.165) is 82.3 Å². The van der Waals surface area contributed by atoms with Gasteiger partial charge in [0, 0.05) is 63.6 Å². The molecule has 0 amide bonds. The molecule has 4 rings (SSSR count). The van der Waals surface area contributed by atoms with Crippen LogP contribution >= 0.6 is 0 Å². The highest BCUT2D eigenvalue weighted by Crippen LogP contribution is 2.44. The van der Waals surface area contributed by atoms with E-state index in [9.17, 15) is 0 Å². The number of benzene rings is 1. The van der Waals surface area contributed by atoms with Crippen molar-refractivity contribution < 1.29 is 14.6 Å². The Morgan fingerprint density at radius 3 is 2.58 bits per heavy atom. The minimum atomic E-state index is -0.0790. The van der Waals surface area contributed by atoms with E-state index in [-0.39, 0.29) is 12.2 Å². The van der Waals surface area contributed by atoms with Gasteiger partial charge in [-0.2, -0.15) is 0 Å². The number of rotatable bonds is 3. The van der Waals surface area contributed by atoms with Crippen LogP contribution in [0.25, 0.3) is 0 Å². The van der Waals surface area contributed by atoms with E-state index in [1.54, 1.807) is 0 Å². The summed E-state index contributed by atoms with van der Waals surface area (Å²) in [5, 5.41) is 9.10. The third kappa shape index (κ3) is 2.94. The molecule has 0 radical (unpaired) electrons. The van der Waals surface area contributed by atoms with E-state index in [4.69, 9.17) is 20.3 Å². The Hall–Kier alpha value is -1.50. The number of hydrogen-bond acceptors (Lipinski definition) is 6. The minimum Gasteiger partial charge on any atom is -0.486 e. The molecule has 0 saturated carbocycles. The molecule has 2 saturated heterocycles. The van der Waals surface area contributed by atoms with Crippen molar-refractivity contribution in [1.29, 1.82) is 0 Å². The first-order valence-electron chi connectivity index (χ1n) is 8.96. The van der Waals surface area contributed by atoms with Crippen molar-refractivity contribution >= 4 is 11.4 Å². The maximum atomic E-state index is 9.10. The number of nitrogens with zero attached hydrogens (tertiary/aromatic N) is 2. The van der Waals surface area contributed by atoms with Crippen LogP contribution in [0.3, 0.4) is 0 Å². The standard InChI is InChI=1S/C18H27N3O3/c19-15-11-14-13-18(1-3-20(4-2-18)5-8-22)24-17(14)12-16(15)21-6-9-23-10-7-21/h11-12,22H,1-10,13,19H2. The molecule has 0 bridgehead atoms. The molecule has 6 heteroatoms. The molecule has 6 nitrogen and oxygen atoms in total. The van der Waals surface area contributed by atoms with Crippen LogP contribution in [0, 0.1) is 0 Å². The van der Waals surface area contributed by atoms with E-state index < -0.39 is 0 Å². The van der Waals surface area contributed by atoms with E-state index in [0.29, 0.717) is 0 Å². The summed E-state index contributed by atoms with van der Waals surface area (Å²) < 4.78 is 11.9. The summed E-state index contributed by atoms with van der Waals surface area (Å²) in [7, 11) is 0. The average Bonchev–Trinajstić information content (AvgIpc) is 2.94. The molecule has 24 heavy (non-hydrogen) atoms. The second kappa shape index (κ2) is 6.43. The Kier molecular flexibility index (Phi) is 4.28. The molecule has 2 fully saturated rings. The molecule has 0 aromatic heterocycles. The van der Waals surface area contributed by atoms with Crippen molar-refractivity contribution in [2.45, 2.75) is 24.9 Å². The van der Waals surface area contributed by atoms with E-state index >= 15 is 0 Å². The zero-order chi connectivity index (χ0) is 16.6. The van der Waals surface area contributed by atoms with Crippen LogP contribution in [-0.4, -0.2) is 68.2 Å². The van der Waals surface area contributed by atoms with Gasteiger partial charge in [0.2, 0.25) is 0 Å². The molecule has 0 aliphatic carbocycles. The number of aliphatic hydroxyl groups excluding tert-OH is 1. The van der Waals surface area contributed by atoms with Crippen molar-refractivity contribution in [3.63, 3.8) is 0 Å². The van der Waals surface area contributed by atoms with Gasteiger partial charge in [0.25, 0.3) is 0 Å². The second-order valence-corrected chi connectivity index (χ2v) is 7.15. The SMILES string of the molecule is Nc1cc2c(cc1N1CCOCC1)OC1(CCN(CCO)CC1)C2. The monoisotopic (exact) mass is 333 g/mol. The highest BCUT2D eigenvalue weighted by Gasteiger charge is 2.42. The molecule has 0 unspecified atom stereocenters. The Balaban J connectivity index is 1.50. The highest BCUT2D eigenvalue weighted by atomic mass is 16.5. The van der Waals surface area contributed by atoms with Crippen LogP contribution in [0.1, 0.15) is 18.4 Å². The molecule has 0 atom stereocenters. The molecule has 1 aromatic rings. The van der Waals surface area contributed by atoms with Gasteiger partial charge >= 0.3 is 0 Å². The summed E-state index contributed by atoms with van der Waals surface area (Å²) in [5.41, 5.74) is 9.40. The van der Waals surface area contributed by atoms with Crippen LogP contribution in [-0.2, 0) is 11.2 Å². The van der Waals surface area contributed by atoms with Crippen molar-refractivity contribution in [3.05, 3.63) is 17.7 Å². The minimum absolute atomic E-state index is 0.0790. The fourth-order valence-corrected chi connectivity index (χ4v) is 4.17. The summed E-state index contributed by atoms with van der Waals surface area (Å²) in [6.07, 6.45) is 2.96. The molecule has 132 valence electrons. The van der Waals surface area contributed by atoms with E-state index in [1.807, 2.05) is 0 Å². The lowest BCUT2D eigenvalue weighted by Gasteiger charge is -2.38.